The molecule has 20 heavy (non-hydrogen) atoms. The van der Waals surface area contributed by atoms with Crippen molar-refractivity contribution in [1.29, 1.82) is 0 Å². The molecular weight excluding hydrogens is 248 g/mol. The van der Waals surface area contributed by atoms with Crippen LogP contribution in [-0.2, 0) is 6.42 Å². The van der Waals surface area contributed by atoms with Crippen LogP contribution in [0, 0.1) is 6.92 Å². The Labute approximate surface area is 118 Å². The third-order valence-electron chi connectivity index (χ3n) is 3.40. The number of benzene rings is 1. The number of rotatable bonds is 4. The Bertz CT molecular complexity index is 730. The number of nitrogens with zero attached hydrogens (tertiary/aromatic N) is 2. The number of hydrogen-bond donors (Lipinski definition) is 2. The van der Waals surface area contributed by atoms with E-state index in [2.05, 4.69) is 38.5 Å². The minimum absolute atomic E-state index is 0.781. The van der Waals surface area contributed by atoms with Crippen molar-refractivity contribution in [3.8, 4) is 11.4 Å². The van der Waals surface area contributed by atoms with Crippen LogP contribution in [-0.4, -0.2) is 28.5 Å². The summed E-state index contributed by atoms with van der Waals surface area (Å²) in [6.45, 7) is 2.93. The summed E-state index contributed by atoms with van der Waals surface area (Å²) in [7, 11) is 1.97. The molecular formula is C16H18N4. The van der Waals surface area contributed by atoms with Crippen LogP contribution in [0.15, 0.2) is 36.4 Å². The lowest BCUT2D eigenvalue weighted by Crippen LogP contribution is -2.10. The topological polar surface area (TPSA) is 53.6 Å². The van der Waals surface area contributed by atoms with Crippen molar-refractivity contribution in [2.75, 3.05) is 13.6 Å². The third-order valence-corrected chi connectivity index (χ3v) is 3.40. The molecule has 0 aliphatic carbocycles. The number of H-pyrrole nitrogens is 1. The van der Waals surface area contributed by atoms with Gasteiger partial charge in [-0.05, 0) is 44.6 Å². The smallest absolute Gasteiger partial charge is 0.178 e. The first-order valence-electron chi connectivity index (χ1n) is 6.84. The number of aryl methyl sites for hydroxylation is 1. The van der Waals surface area contributed by atoms with Crippen molar-refractivity contribution in [2.24, 2.45) is 0 Å². The summed E-state index contributed by atoms with van der Waals surface area (Å²) < 4.78 is 0. The monoisotopic (exact) mass is 266 g/mol. The summed E-state index contributed by atoms with van der Waals surface area (Å²) in [5.41, 5.74) is 5.19. The van der Waals surface area contributed by atoms with Crippen LogP contribution in [0.2, 0.25) is 0 Å². The number of aromatic amines is 1. The summed E-state index contributed by atoms with van der Waals surface area (Å²) >= 11 is 0. The Morgan fingerprint density at radius 1 is 1.10 bits per heavy atom. The highest BCUT2D eigenvalue weighted by Gasteiger charge is 2.10. The second kappa shape index (κ2) is 5.43. The first-order valence-corrected chi connectivity index (χ1v) is 6.84. The second-order valence-electron chi connectivity index (χ2n) is 4.92. The number of likely N-dealkylation sites (N-methyl/N-ethyl adjacent to an activating group) is 1. The maximum absolute atomic E-state index is 4.63. The molecule has 0 atom stereocenters. The first-order chi connectivity index (χ1) is 9.78. The summed E-state index contributed by atoms with van der Waals surface area (Å²) in [6.07, 6.45) is 0.982. The summed E-state index contributed by atoms with van der Waals surface area (Å²) in [4.78, 5) is 12.4. The molecule has 0 aliphatic rings. The average Bonchev–Trinajstić information content (AvgIpc) is 2.88. The van der Waals surface area contributed by atoms with Crippen LogP contribution in [0.3, 0.4) is 0 Å². The van der Waals surface area contributed by atoms with Crippen LogP contribution in [0.25, 0.3) is 22.6 Å². The Morgan fingerprint density at radius 3 is 2.80 bits per heavy atom. The fraction of sp³-hybridized carbons (Fsp3) is 0.250. The van der Waals surface area contributed by atoms with E-state index < -0.39 is 0 Å². The Kier molecular flexibility index (Phi) is 3.48. The summed E-state index contributed by atoms with van der Waals surface area (Å²) in [5, 5.41) is 3.19. The molecule has 0 bridgehead atoms. The molecule has 0 radical (unpaired) electrons. The van der Waals surface area contributed by atoms with E-state index in [9.17, 15) is 0 Å². The van der Waals surface area contributed by atoms with Gasteiger partial charge >= 0.3 is 0 Å². The Morgan fingerprint density at radius 2 is 1.95 bits per heavy atom. The van der Waals surface area contributed by atoms with Gasteiger partial charge in [-0.2, -0.15) is 0 Å². The van der Waals surface area contributed by atoms with Crippen molar-refractivity contribution in [1.82, 2.24) is 20.3 Å². The highest BCUT2D eigenvalue weighted by atomic mass is 15.0. The van der Waals surface area contributed by atoms with Gasteiger partial charge in [0.25, 0.3) is 0 Å². The minimum Gasteiger partial charge on any atom is -0.337 e. The summed E-state index contributed by atoms with van der Waals surface area (Å²) in [5.74, 6) is 0.893. The van der Waals surface area contributed by atoms with Crippen LogP contribution in [0.5, 0.6) is 0 Å². The van der Waals surface area contributed by atoms with E-state index in [0.717, 1.165) is 41.2 Å². The van der Waals surface area contributed by atoms with Gasteiger partial charge in [-0.15, -0.1) is 0 Å². The maximum Gasteiger partial charge on any atom is 0.178 e. The SMILES string of the molecule is CNCCc1ccccc1-c1nc2nc(C)ccc2[nH]1. The lowest BCUT2D eigenvalue weighted by atomic mass is 10.0. The van der Waals surface area contributed by atoms with E-state index in [0.29, 0.717) is 0 Å². The van der Waals surface area contributed by atoms with E-state index in [1.807, 2.05) is 32.2 Å². The minimum atomic E-state index is 0.781. The predicted molar refractivity (Wildman–Crippen MR) is 81.7 cm³/mol. The predicted octanol–water partition coefficient (Wildman–Crippen LogP) is 2.70. The zero-order valence-electron chi connectivity index (χ0n) is 11.8. The van der Waals surface area contributed by atoms with Gasteiger partial charge < -0.3 is 10.3 Å². The largest absolute Gasteiger partial charge is 0.337 e. The molecule has 2 N–H and O–H groups in total. The van der Waals surface area contributed by atoms with Crippen molar-refractivity contribution >= 4 is 11.2 Å². The van der Waals surface area contributed by atoms with Crippen molar-refractivity contribution in [3.63, 3.8) is 0 Å². The lowest BCUT2D eigenvalue weighted by Gasteiger charge is -2.06. The molecule has 0 unspecified atom stereocenters. The van der Waals surface area contributed by atoms with E-state index in [-0.39, 0.29) is 0 Å². The van der Waals surface area contributed by atoms with Crippen LogP contribution in [0.4, 0.5) is 0 Å². The molecule has 2 heterocycles. The van der Waals surface area contributed by atoms with Gasteiger partial charge in [0.05, 0.1) is 5.52 Å². The third kappa shape index (κ3) is 2.42. The molecule has 102 valence electrons. The molecule has 0 saturated heterocycles. The molecule has 0 spiro atoms. The fourth-order valence-electron chi connectivity index (χ4n) is 2.34. The lowest BCUT2D eigenvalue weighted by molar-refractivity contribution is 0.792. The van der Waals surface area contributed by atoms with Gasteiger partial charge in [-0.1, -0.05) is 24.3 Å². The van der Waals surface area contributed by atoms with Crippen molar-refractivity contribution < 1.29 is 0 Å². The van der Waals surface area contributed by atoms with Gasteiger partial charge in [0, 0.05) is 11.3 Å². The molecule has 4 heteroatoms. The molecule has 4 nitrogen and oxygen atoms in total. The normalized spacial score (nSPS) is 11.1. The van der Waals surface area contributed by atoms with E-state index >= 15 is 0 Å². The van der Waals surface area contributed by atoms with E-state index in [4.69, 9.17) is 0 Å². The van der Waals surface area contributed by atoms with Crippen LogP contribution in [0.1, 0.15) is 11.3 Å². The molecule has 2 aromatic heterocycles. The number of hydrogen-bond acceptors (Lipinski definition) is 3. The maximum atomic E-state index is 4.63. The average molecular weight is 266 g/mol. The van der Waals surface area contributed by atoms with Gasteiger partial charge in [0.15, 0.2) is 5.65 Å². The number of nitrogens with one attached hydrogen (secondary N) is 2. The Hall–Kier alpha value is -2.20. The van der Waals surface area contributed by atoms with Crippen molar-refractivity contribution in [2.45, 2.75) is 13.3 Å². The second-order valence-corrected chi connectivity index (χ2v) is 4.92. The summed E-state index contributed by atoms with van der Waals surface area (Å²) in [6, 6.07) is 12.4. The van der Waals surface area contributed by atoms with E-state index in [1.54, 1.807) is 0 Å². The first kappa shape index (κ1) is 12.8. The quantitative estimate of drug-likeness (QED) is 0.763. The van der Waals surface area contributed by atoms with E-state index in [1.165, 1.54) is 5.56 Å². The molecule has 0 amide bonds. The Balaban J connectivity index is 2.06. The molecule has 3 rings (SSSR count). The standard InChI is InChI=1S/C16H18N4/c1-11-7-8-14-16(18-11)20-15(19-14)13-6-4-3-5-12(13)9-10-17-2/h3-8,17H,9-10H2,1-2H3,(H,18,19,20). The van der Waals surface area contributed by atoms with Crippen LogP contribution < -0.4 is 5.32 Å². The highest BCUT2D eigenvalue weighted by Crippen LogP contribution is 2.23. The number of aromatic nitrogens is 3. The molecule has 0 saturated carbocycles. The zero-order chi connectivity index (χ0) is 13.9. The van der Waals surface area contributed by atoms with Crippen molar-refractivity contribution in [3.05, 3.63) is 47.7 Å². The van der Waals surface area contributed by atoms with Gasteiger partial charge in [0.2, 0.25) is 0 Å². The highest BCUT2D eigenvalue weighted by molar-refractivity contribution is 5.76. The van der Waals surface area contributed by atoms with Gasteiger partial charge in [0.1, 0.15) is 5.82 Å². The molecule has 0 fully saturated rings. The number of pyridine rings is 1. The van der Waals surface area contributed by atoms with Crippen LogP contribution >= 0.6 is 0 Å². The van der Waals surface area contributed by atoms with Gasteiger partial charge in [-0.25, -0.2) is 9.97 Å². The number of fused-ring (bicyclic) bond motifs is 1. The van der Waals surface area contributed by atoms with Gasteiger partial charge in [-0.3, -0.25) is 0 Å². The molecule has 3 aromatic rings. The zero-order valence-corrected chi connectivity index (χ0v) is 11.8. The number of imidazole rings is 1. The molecule has 1 aromatic carbocycles. The molecule has 0 aliphatic heterocycles. The fourth-order valence-corrected chi connectivity index (χ4v) is 2.34.